The number of nitrogens with zero attached hydrogens (tertiary/aromatic N) is 1. The second kappa shape index (κ2) is 6.05. The smallest absolute Gasteiger partial charge is 0.188 e. The zero-order valence-electron chi connectivity index (χ0n) is 7.79. The topological polar surface area (TPSA) is 30.8 Å². The van der Waals surface area contributed by atoms with Gasteiger partial charge in [0.15, 0.2) is 12.5 Å². The molecule has 0 atom stereocenters. The summed E-state index contributed by atoms with van der Waals surface area (Å²) < 4.78 is 9.99. The van der Waals surface area contributed by atoms with E-state index in [4.69, 9.17) is 32.7 Å². The zero-order valence-corrected chi connectivity index (χ0v) is 10.1. The van der Waals surface area contributed by atoms with Crippen LogP contribution in [-0.2, 0) is 4.74 Å². The van der Waals surface area contributed by atoms with E-state index in [1.54, 1.807) is 12.1 Å². The minimum atomic E-state index is 0.0707. The third-order valence-electron chi connectivity index (χ3n) is 1.48. The lowest BCUT2D eigenvalue weighted by atomic mass is 10.3. The van der Waals surface area contributed by atoms with Crippen LogP contribution in [0.25, 0.3) is 0 Å². The molecule has 0 radical (unpaired) electrons. The lowest BCUT2D eigenvalue weighted by Gasteiger charge is -2.09. The zero-order chi connectivity index (χ0) is 11.3. The highest BCUT2D eigenvalue weighted by atomic mass is 35.5. The molecule has 1 aromatic rings. The largest absolute Gasteiger partial charge is 0.464 e. The Kier molecular flexibility index (Phi) is 5.02. The number of ether oxygens (including phenoxy) is 2. The third-order valence-corrected chi connectivity index (χ3v) is 2.07. The third kappa shape index (κ3) is 3.45. The van der Waals surface area contributed by atoms with Gasteiger partial charge in [0.05, 0.1) is 10.2 Å². The molecule has 0 aliphatic rings. The normalized spacial score (nSPS) is 9.53. The van der Waals surface area contributed by atoms with Gasteiger partial charge < -0.3 is 9.47 Å². The summed E-state index contributed by atoms with van der Waals surface area (Å²) in [6, 6.07) is 3.13. The van der Waals surface area contributed by atoms with Crippen molar-refractivity contribution < 1.29 is 9.47 Å². The fourth-order valence-corrected chi connectivity index (χ4v) is 1.58. The van der Waals surface area contributed by atoms with Gasteiger partial charge in [-0.1, -0.05) is 23.2 Å². The van der Waals surface area contributed by atoms with Crippen molar-refractivity contribution in [1.82, 2.24) is 0 Å². The summed E-state index contributed by atoms with van der Waals surface area (Å²) in [6.07, 6.45) is 0. The first-order valence-electron chi connectivity index (χ1n) is 3.87. The summed E-state index contributed by atoms with van der Waals surface area (Å²) in [5.41, 5.74) is 0.430. The lowest BCUT2D eigenvalue weighted by Crippen LogP contribution is -1.99. The average Bonchev–Trinajstić information content (AvgIpc) is 2.17. The van der Waals surface area contributed by atoms with Crippen molar-refractivity contribution in [3.05, 3.63) is 22.2 Å². The first kappa shape index (κ1) is 12.4. The van der Waals surface area contributed by atoms with E-state index >= 15 is 0 Å². The molecule has 0 heterocycles. The predicted octanol–water partition coefficient (Wildman–Crippen LogP) is 3.71. The van der Waals surface area contributed by atoms with Crippen LogP contribution in [0, 0.1) is 0 Å². The van der Waals surface area contributed by atoms with Gasteiger partial charge in [-0.15, -0.1) is 0 Å². The van der Waals surface area contributed by atoms with Crippen LogP contribution < -0.4 is 4.74 Å². The van der Waals surface area contributed by atoms with Gasteiger partial charge in [-0.2, -0.15) is 4.99 Å². The Bertz CT molecular complexity index is 405. The molecular weight excluding hydrogens is 257 g/mol. The van der Waals surface area contributed by atoms with Crippen LogP contribution in [0.2, 0.25) is 10.0 Å². The molecule has 0 spiro atoms. The first-order chi connectivity index (χ1) is 7.19. The van der Waals surface area contributed by atoms with E-state index in [9.17, 15) is 0 Å². The second-order valence-corrected chi connectivity index (χ2v) is 3.52. The molecule has 0 aromatic heterocycles. The molecule has 0 saturated carbocycles. The molecule has 0 amide bonds. The Balaban J connectivity index is 3.14. The highest BCUT2D eigenvalue weighted by Crippen LogP contribution is 2.37. The van der Waals surface area contributed by atoms with Crippen LogP contribution >= 0.6 is 35.4 Å². The fourth-order valence-electron chi connectivity index (χ4n) is 0.940. The Morgan fingerprint density at radius 1 is 1.47 bits per heavy atom. The molecular formula is C9H7Cl2NO2S. The van der Waals surface area contributed by atoms with Crippen LogP contribution in [0.5, 0.6) is 5.75 Å². The van der Waals surface area contributed by atoms with Crippen molar-refractivity contribution in [2.75, 3.05) is 13.9 Å². The highest BCUT2D eigenvalue weighted by Gasteiger charge is 2.09. The number of hydrogen-bond acceptors (Lipinski definition) is 4. The average molecular weight is 264 g/mol. The Labute approximate surface area is 103 Å². The van der Waals surface area contributed by atoms with Crippen molar-refractivity contribution in [2.45, 2.75) is 0 Å². The Hall–Kier alpha value is -0.640. The van der Waals surface area contributed by atoms with Crippen molar-refractivity contribution in [3.63, 3.8) is 0 Å². The van der Waals surface area contributed by atoms with Crippen LogP contribution in [0.1, 0.15) is 0 Å². The predicted molar refractivity (Wildman–Crippen MR) is 63.7 cm³/mol. The lowest BCUT2D eigenvalue weighted by molar-refractivity contribution is 0.0516. The van der Waals surface area contributed by atoms with Gasteiger partial charge in [-0.3, -0.25) is 0 Å². The van der Waals surface area contributed by atoms with E-state index in [0.29, 0.717) is 21.5 Å². The molecule has 0 aliphatic carbocycles. The van der Waals surface area contributed by atoms with Crippen LogP contribution in [-0.4, -0.2) is 19.1 Å². The van der Waals surface area contributed by atoms with E-state index in [1.165, 1.54) is 7.11 Å². The summed E-state index contributed by atoms with van der Waals surface area (Å²) in [6.45, 7) is 0.0707. The number of hydrogen-bond donors (Lipinski definition) is 0. The summed E-state index contributed by atoms with van der Waals surface area (Å²) in [7, 11) is 1.51. The minimum absolute atomic E-state index is 0.0707. The molecule has 0 N–H and O–H groups in total. The van der Waals surface area contributed by atoms with E-state index in [1.807, 2.05) is 0 Å². The standard InChI is InChI=1S/C9H7Cl2NO2S/c1-13-5-14-9-7(11)2-6(10)3-8(9)12-4-15/h2-3H,5H2,1H3. The Morgan fingerprint density at radius 2 is 2.20 bits per heavy atom. The van der Waals surface area contributed by atoms with Crippen molar-refractivity contribution in [2.24, 2.45) is 4.99 Å². The molecule has 0 saturated heterocycles. The van der Waals surface area contributed by atoms with Gasteiger partial charge in [-0.05, 0) is 24.4 Å². The number of rotatable bonds is 4. The van der Waals surface area contributed by atoms with E-state index in [0.717, 1.165) is 0 Å². The summed E-state index contributed by atoms with van der Waals surface area (Å²) >= 11 is 16.2. The maximum absolute atomic E-state index is 5.92. The number of benzene rings is 1. The number of thiocarbonyl (C=S) groups is 1. The quantitative estimate of drug-likeness (QED) is 0.472. The molecule has 0 fully saturated rings. The Morgan fingerprint density at radius 3 is 2.80 bits per heavy atom. The fraction of sp³-hybridized carbons (Fsp3) is 0.222. The van der Waals surface area contributed by atoms with Gasteiger partial charge in [0.2, 0.25) is 0 Å². The van der Waals surface area contributed by atoms with Crippen molar-refractivity contribution in [1.29, 1.82) is 0 Å². The number of isothiocyanates is 1. The SMILES string of the molecule is COCOc1c(Cl)cc(Cl)cc1N=C=S. The van der Waals surface area contributed by atoms with E-state index in [2.05, 4.69) is 22.4 Å². The molecule has 1 rings (SSSR count). The number of halogens is 2. The maximum atomic E-state index is 5.92. The summed E-state index contributed by atoms with van der Waals surface area (Å²) in [4.78, 5) is 3.80. The summed E-state index contributed by atoms with van der Waals surface area (Å²) in [5.74, 6) is 0.375. The molecule has 0 bridgehead atoms. The van der Waals surface area contributed by atoms with Gasteiger partial charge >= 0.3 is 0 Å². The van der Waals surface area contributed by atoms with E-state index in [-0.39, 0.29) is 6.79 Å². The van der Waals surface area contributed by atoms with Crippen molar-refractivity contribution in [3.8, 4) is 5.75 Å². The van der Waals surface area contributed by atoms with Gasteiger partial charge in [0.1, 0.15) is 5.69 Å². The van der Waals surface area contributed by atoms with Crippen LogP contribution in [0.4, 0.5) is 5.69 Å². The van der Waals surface area contributed by atoms with Crippen molar-refractivity contribution >= 4 is 46.3 Å². The molecule has 0 aliphatic heterocycles. The first-order valence-corrected chi connectivity index (χ1v) is 5.04. The molecule has 15 heavy (non-hydrogen) atoms. The second-order valence-electron chi connectivity index (χ2n) is 2.49. The number of aliphatic imine (C=N–C) groups is 1. The molecule has 3 nitrogen and oxygen atoms in total. The minimum Gasteiger partial charge on any atom is -0.464 e. The molecule has 0 unspecified atom stereocenters. The van der Waals surface area contributed by atoms with Gasteiger partial charge in [-0.25, -0.2) is 0 Å². The van der Waals surface area contributed by atoms with Crippen LogP contribution in [0.15, 0.2) is 17.1 Å². The van der Waals surface area contributed by atoms with E-state index < -0.39 is 0 Å². The molecule has 80 valence electrons. The number of methoxy groups -OCH3 is 1. The van der Waals surface area contributed by atoms with Crippen LogP contribution in [0.3, 0.4) is 0 Å². The monoisotopic (exact) mass is 263 g/mol. The summed E-state index contributed by atoms with van der Waals surface area (Å²) in [5, 5.41) is 3.03. The molecule has 6 heteroatoms. The van der Waals surface area contributed by atoms with Gasteiger partial charge in [0.25, 0.3) is 0 Å². The maximum Gasteiger partial charge on any atom is 0.188 e. The van der Waals surface area contributed by atoms with Gasteiger partial charge in [0, 0.05) is 12.1 Å². The highest BCUT2D eigenvalue weighted by molar-refractivity contribution is 7.78. The molecule has 1 aromatic carbocycles.